The van der Waals surface area contributed by atoms with E-state index in [1.807, 2.05) is 7.85 Å². The molecular formula is C17H16BBrN4O4S2. The van der Waals surface area contributed by atoms with Gasteiger partial charge in [0.15, 0.2) is 0 Å². The van der Waals surface area contributed by atoms with Crippen LogP contribution in [0, 0.1) is 0 Å². The van der Waals surface area contributed by atoms with Gasteiger partial charge in [-0.25, -0.2) is 8.42 Å². The van der Waals surface area contributed by atoms with Crippen molar-refractivity contribution >= 4 is 67.6 Å². The van der Waals surface area contributed by atoms with E-state index in [-0.39, 0.29) is 15.8 Å². The maximum Gasteiger partial charge on any atom is 0.295 e. The molecular weight excluding hydrogens is 479 g/mol. The van der Waals surface area contributed by atoms with Crippen LogP contribution in [-0.2, 0) is 10.0 Å². The van der Waals surface area contributed by atoms with Gasteiger partial charge in [-0.2, -0.15) is 0 Å². The molecule has 12 heteroatoms. The molecule has 0 amide bonds. The van der Waals surface area contributed by atoms with Gasteiger partial charge in [0.05, 0.1) is 21.7 Å². The molecule has 0 aliphatic rings. The van der Waals surface area contributed by atoms with Crippen molar-refractivity contribution in [2.45, 2.75) is 11.8 Å². The zero-order valence-corrected chi connectivity index (χ0v) is 18.7. The minimum atomic E-state index is -3.81. The number of aromatic hydroxyl groups is 1. The van der Waals surface area contributed by atoms with Crippen molar-refractivity contribution in [1.29, 1.82) is 0 Å². The lowest BCUT2D eigenvalue weighted by molar-refractivity contribution is 0.335. The number of aliphatic imine (C=N–C) groups is 1. The summed E-state index contributed by atoms with van der Waals surface area (Å²) >= 11 is 4.30. The van der Waals surface area contributed by atoms with Crippen LogP contribution in [-0.4, -0.2) is 44.4 Å². The van der Waals surface area contributed by atoms with E-state index in [1.165, 1.54) is 18.3 Å². The molecule has 3 rings (SSSR count). The van der Waals surface area contributed by atoms with E-state index in [1.54, 1.807) is 31.2 Å². The van der Waals surface area contributed by atoms with Crippen LogP contribution in [0.4, 0.5) is 10.8 Å². The van der Waals surface area contributed by atoms with Crippen molar-refractivity contribution in [2.24, 2.45) is 4.99 Å². The largest absolute Gasteiger partial charge is 0.506 e. The topological polar surface area (TPSA) is 114 Å². The van der Waals surface area contributed by atoms with Crippen molar-refractivity contribution in [1.82, 2.24) is 10.2 Å². The molecule has 0 saturated heterocycles. The Balaban J connectivity index is 1.75. The Morgan fingerprint density at radius 3 is 2.72 bits per heavy atom. The number of ether oxygens (including phenoxy) is 1. The first-order chi connectivity index (χ1) is 13.8. The Morgan fingerprint density at radius 1 is 1.31 bits per heavy atom. The summed E-state index contributed by atoms with van der Waals surface area (Å²) in [6.07, 6.45) is 1.52. The Kier molecular flexibility index (Phi) is 6.55. The van der Waals surface area contributed by atoms with Crippen LogP contribution < -0.4 is 14.9 Å². The van der Waals surface area contributed by atoms with Crippen LogP contribution in [0.15, 0.2) is 50.8 Å². The quantitative estimate of drug-likeness (QED) is 0.384. The number of hydrogen-bond acceptors (Lipinski definition) is 8. The number of rotatable bonds is 7. The lowest BCUT2D eigenvalue weighted by atomic mass is 9.94. The summed E-state index contributed by atoms with van der Waals surface area (Å²) in [5.74, 6) is 0.0891. The molecule has 0 fully saturated rings. The molecule has 0 saturated carbocycles. The van der Waals surface area contributed by atoms with Crippen molar-refractivity contribution in [3.05, 3.63) is 46.4 Å². The first-order valence-corrected chi connectivity index (χ1v) is 11.5. The Bertz CT molecular complexity index is 1150. The number of anilines is 1. The van der Waals surface area contributed by atoms with E-state index in [0.717, 1.165) is 16.8 Å². The maximum atomic E-state index is 12.5. The molecule has 0 unspecified atom stereocenters. The minimum absolute atomic E-state index is 0.0609. The SMILES string of the molecule is Bc1cc(Br)c(O)c(/C=N/c2ccc(S(=O)(=O)Nc3nnc(OCC)s3)cc2)c1. The lowest BCUT2D eigenvalue weighted by Crippen LogP contribution is -2.12. The van der Waals surface area contributed by atoms with Gasteiger partial charge in [-0.15, -0.1) is 5.10 Å². The van der Waals surface area contributed by atoms with Crippen LogP contribution in [0.3, 0.4) is 0 Å². The zero-order chi connectivity index (χ0) is 21.0. The Hall–Kier alpha value is -2.44. The number of aromatic nitrogens is 2. The summed E-state index contributed by atoms with van der Waals surface area (Å²) in [7, 11) is -1.91. The summed E-state index contributed by atoms with van der Waals surface area (Å²) in [6, 6.07) is 9.61. The monoisotopic (exact) mass is 494 g/mol. The van der Waals surface area contributed by atoms with E-state index in [0.29, 0.717) is 27.5 Å². The molecule has 0 aliphatic carbocycles. The number of nitrogens with one attached hydrogen (secondary N) is 1. The molecule has 29 heavy (non-hydrogen) atoms. The normalized spacial score (nSPS) is 11.7. The second-order valence-corrected chi connectivity index (χ2v) is 9.33. The summed E-state index contributed by atoms with van der Waals surface area (Å²) in [4.78, 5) is 4.35. The fourth-order valence-electron chi connectivity index (χ4n) is 2.32. The van der Waals surface area contributed by atoms with Gasteiger partial charge in [-0.3, -0.25) is 9.71 Å². The minimum Gasteiger partial charge on any atom is -0.506 e. The number of hydrogen-bond donors (Lipinski definition) is 2. The van der Waals surface area contributed by atoms with E-state index >= 15 is 0 Å². The fraction of sp³-hybridized carbons (Fsp3) is 0.118. The molecule has 0 spiro atoms. The molecule has 2 N–H and O–H groups in total. The molecule has 3 aromatic rings. The molecule has 1 aromatic heterocycles. The third-order valence-corrected chi connectivity index (χ3v) is 6.47. The van der Waals surface area contributed by atoms with E-state index in [4.69, 9.17) is 4.74 Å². The van der Waals surface area contributed by atoms with E-state index in [2.05, 4.69) is 35.8 Å². The van der Waals surface area contributed by atoms with Gasteiger partial charge in [0, 0.05) is 11.8 Å². The van der Waals surface area contributed by atoms with Crippen molar-refractivity contribution in [3.8, 4) is 10.9 Å². The molecule has 8 nitrogen and oxygen atoms in total. The average molecular weight is 495 g/mol. The fourth-order valence-corrected chi connectivity index (χ4v) is 4.80. The highest BCUT2D eigenvalue weighted by molar-refractivity contribution is 9.10. The van der Waals surface area contributed by atoms with Crippen molar-refractivity contribution in [2.75, 3.05) is 11.3 Å². The van der Waals surface area contributed by atoms with Gasteiger partial charge in [0.25, 0.3) is 15.2 Å². The number of nitrogens with zero attached hydrogens (tertiary/aromatic N) is 3. The molecule has 1 heterocycles. The van der Waals surface area contributed by atoms with Gasteiger partial charge in [-0.05, 0) is 58.5 Å². The highest BCUT2D eigenvalue weighted by atomic mass is 79.9. The number of sulfonamides is 1. The second kappa shape index (κ2) is 8.93. The number of phenolic OH excluding ortho intramolecular Hbond substituents is 1. The molecule has 2 aromatic carbocycles. The average Bonchev–Trinajstić information content (AvgIpc) is 3.10. The Labute approximate surface area is 181 Å². The summed E-state index contributed by atoms with van der Waals surface area (Å²) < 4.78 is 33.1. The molecule has 0 aliphatic heterocycles. The van der Waals surface area contributed by atoms with Crippen molar-refractivity contribution < 1.29 is 18.3 Å². The van der Waals surface area contributed by atoms with Crippen LogP contribution in [0.1, 0.15) is 12.5 Å². The molecule has 0 atom stereocenters. The predicted molar refractivity (Wildman–Crippen MR) is 120 cm³/mol. The van der Waals surface area contributed by atoms with E-state index < -0.39 is 10.0 Å². The summed E-state index contributed by atoms with van der Waals surface area (Å²) in [6.45, 7) is 2.22. The second-order valence-electron chi connectivity index (χ2n) is 5.85. The van der Waals surface area contributed by atoms with Gasteiger partial charge in [0.2, 0.25) is 5.13 Å². The highest BCUT2D eigenvalue weighted by Gasteiger charge is 2.17. The van der Waals surface area contributed by atoms with Gasteiger partial charge in [-0.1, -0.05) is 22.7 Å². The zero-order valence-electron chi connectivity index (χ0n) is 15.5. The first kappa shape index (κ1) is 21.3. The van der Waals surface area contributed by atoms with Crippen LogP contribution in [0.5, 0.6) is 10.9 Å². The smallest absolute Gasteiger partial charge is 0.295 e. The first-order valence-electron chi connectivity index (χ1n) is 8.41. The predicted octanol–water partition coefficient (Wildman–Crippen LogP) is 2.21. The lowest BCUT2D eigenvalue weighted by Gasteiger charge is -2.05. The van der Waals surface area contributed by atoms with Crippen LogP contribution >= 0.6 is 27.3 Å². The van der Waals surface area contributed by atoms with Crippen molar-refractivity contribution in [3.63, 3.8) is 0 Å². The van der Waals surface area contributed by atoms with Crippen LogP contribution in [0.25, 0.3) is 0 Å². The number of phenols is 1. The molecule has 150 valence electrons. The molecule has 0 bridgehead atoms. The van der Waals surface area contributed by atoms with Gasteiger partial charge in [0.1, 0.15) is 13.6 Å². The summed E-state index contributed by atoms with van der Waals surface area (Å²) in [5, 5.41) is 18.0. The number of halogens is 1. The third-order valence-electron chi connectivity index (χ3n) is 3.63. The third kappa shape index (κ3) is 5.34. The standard InChI is InChI=1S/C17H16BBrN4O4S2/c1-2-27-17-22-21-16(28-17)23-29(25,26)13-5-3-12(4-6-13)20-9-10-7-11(18)8-14(19)15(10)24/h3-9,24H,2,18H2,1H3,(H,21,23)/b20-9+. The Morgan fingerprint density at radius 2 is 2.03 bits per heavy atom. The highest BCUT2D eigenvalue weighted by Crippen LogP contribution is 2.27. The van der Waals surface area contributed by atoms with Crippen LogP contribution in [0.2, 0.25) is 0 Å². The maximum absolute atomic E-state index is 12.5. The number of benzene rings is 2. The van der Waals surface area contributed by atoms with Gasteiger partial charge >= 0.3 is 0 Å². The van der Waals surface area contributed by atoms with E-state index in [9.17, 15) is 13.5 Å². The van der Waals surface area contributed by atoms with Gasteiger partial charge < -0.3 is 9.84 Å². The molecule has 0 radical (unpaired) electrons. The summed E-state index contributed by atoms with van der Waals surface area (Å²) in [5.41, 5.74) is 2.06.